The maximum atomic E-state index is 6.39. The summed E-state index contributed by atoms with van der Waals surface area (Å²) in [6.07, 6.45) is 2.19. The molecular weight excluding hydrogens is 290 g/mol. The van der Waals surface area contributed by atoms with E-state index in [-0.39, 0.29) is 6.10 Å². The molecule has 1 aromatic carbocycles. The molecule has 0 bridgehead atoms. The van der Waals surface area contributed by atoms with E-state index in [1.165, 1.54) is 0 Å². The van der Waals surface area contributed by atoms with Gasteiger partial charge >= 0.3 is 0 Å². The van der Waals surface area contributed by atoms with Crippen LogP contribution in [-0.2, 0) is 9.47 Å². The highest BCUT2D eigenvalue weighted by Gasteiger charge is 2.31. The van der Waals surface area contributed by atoms with E-state index in [1.807, 2.05) is 18.2 Å². The standard InChI is InChI=1S/C16H24ClNO3/c1-19-10-8-18-11-12-5-4-9-21-16(12)15-13(17)6-3-7-14(15)20-2/h3,6-7,12,16,18H,4-5,8-11H2,1-2H3. The van der Waals surface area contributed by atoms with Crippen molar-refractivity contribution in [2.75, 3.05) is 40.5 Å². The second-order valence-corrected chi connectivity index (χ2v) is 5.65. The zero-order valence-corrected chi connectivity index (χ0v) is 13.5. The smallest absolute Gasteiger partial charge is 0.126 e. The summed E-state index contributed by atoms with van der Waals surface area (Å²) in [6, 6.07) is 5.74. The van der Waals surface area contributed by atoms with Crippen LogP contribution in [0.2, 0.25) is 5.02 Å². The van der Waals surface area contributed by atoms with Crippen molar-refractivity contribution < 1.29 is 14.2 Å². The number of methoxy groups -OCH3 is 2. The molecule has 1 aliphatic heterocycles. The lowest BCUT2D eigenvalue weighted by atomic mass is 9.89. The number of nitrogens with one attached hydrogen (secondary N) is 1. The van der Waals surface area contributed by atoms with Gasteiger partial charge in [-0.3, -0.25) is 0 Å². The van der Waals surface area contributed by atoms with E-state index in [2.05, 4.69) is 5.32 Å². The lowest BCUT2D eigenvalue weighted by Gasteiger charge is -2.33. The van der Waals surface area contributed by atoms with Crippen LogP contribution in [-0.4, -0.2) is 40.5 Å². The minimum Gasteiger partial charge on any atom is -0.496 e. The highest BCUT2D eigenvalue weighted by molar-refractivity contribution is 6.31. The van der Waals surface area contributed by atoms with E-state index in [4.69, 9.17) is 25.8 Å². The van der Waals surface area contributed by atoms with Gasteiger partial charge in [0.25, 0.3) is 0 Å². The summed E-state index contributed by atoms with van der Waals surface area (Å²) in [5.41, 5.74) is 0.972. The van der Waals surface area contributed by atoms with Crippen LogP contribution >= 0.6 is 11.6 Å². The third-order valence-electron chi connectivity index (χ3n) is 3.85. The number of benzene rings is 1. The first-order valence-corrected chi connectivity index (χ1v) is 7.79. The molecule has 0 radical (unpaired) electrons. The first-order chi connectivity index (χ1) is 10.3. The topological polar surface area (TPSA) is 39.7 Å². The second-order valence-electron chi connectivity index (χ2n) is 5.25. The summed E-state index contributed by atoms with van der Waals surface area (Å²) in [4.78, 5) is 0. The summed E-state index contributed by atoms with van der Waals surface area (Å²) in [7, 11) is 3.38. The van der Waals surface area contributed by atoms with E-state index >= 15 is 0 Å². The summed E-state index contributed by atoms with van der Waals surface area (Å²) >= 11 is 6.39. The Morgan fingerprint density at radius 3 is 3.00 bits per heavy atom. The molecular formula is C16H24ClNO3. The summed E-state index contributed by atoms with van der Waals surface area (Å²) in [5, 5.41) is 4.14. The molecule has 1 heterocycles. The zero-order valence-electron chi connectivity index (χ0n) is 12.7. The van der Waals surface area contributed by atoms with Crippen molar-refractivity contribution in [1.29, 1.82) is 0 Å². The van der Waals surface area contributed by atoms with Crippen LogP contribution in [0, 0.1) is 5.92 Å². The molecule has 2 rings (SSSR count). The van der Waals surface area contributed by atoms with Gasteiger partial charge in [0.1, 0.15) is 5.75 Å². The Hall–Kier alpha value is -0.810. The molecule has 1 N–H and O–H groups in total. The van der Waals surface area contributed by atoms with Gasteiger partial charge in [-0.15, -0.1) is 0 Å². The first-order valence-electron chi connectivity index (χ1n) is 7.41. The van der Waals surface area contributed by atoms with Gasteiger partial charge in [0.15, 0.2) is 0 Å². The lowest BCUT2D eigenvalue weighted by molar-refractivity contribution is -0.0290. The quantitative estimate of drug-likeness (QED) is 0.785. The maximum absolute atomic E-state index is 6.39. The van der Waals surface area contributed by atoms with E-state index in [9.17, 15) is 0 Å². The Labute approximate surface area is 131 Å². The zero-order chi connectivity index (χ0) is 15.1. The van der Waals surface area contributed by atoms with Crippen molar-refractivity contribution >= 4 is 11.6 Å². The van der Waals surface area contributed by atoms with Crippen LogP contribution in [0.4, 0.5) is 0 Å². The molecule has 1 aliphatic rings. The molecule has 4 nitrogen and oxygen atoms in total. The van der Waals surface area contributed by atoms with Gasteiger partial charge < -0.3 is 19.5 Å². The highest BCUT2D eigenvalue weighted by atomic mass is 35.5. The Morgan fingerprint density at radius 2 is 2.24 bits per heavy atom. The van der Waals surface area contributed by atoms with Crippen molar-refractivity contribution in [2.24, 2.45) is 5.92 Å². The van der Waals surface area contributed by atoms with Crippen LogP contribution in [0.3, 0.4) is 0 Å². The fourth-order valence-electron chi connectivity index (χ4n) is 2.80. The van der Waals surface area contributed by atoms with Gasteiger partial charge in [0.05, 0.1) is 24.8 Å². The van der Waals surface area contributed by atoms with E-state index < -0.39 is 0 Å². The van der Waals surface area contributed by atoms with Gasteiger partial charge in [-0.05, 0) is 25.0 Å². The molecule has 0 spiro atoms. The molecule has 1 fully saturated rings. The minimum atomic E-state index is -0.0163. The summed E-state index contributed by atoms with van der Waals surface area (Å²) in [6.45, 7) is 3.23. The maximum Gasteiger partial charge on any atom is 0.126 e. The van der Waals surface area contributed by atoms with Crippen molar-refractivity contribution in [2.45, 2.75) is 18.9 Å². The SMILES string of the molecule is COCCNCC1CCCOC1c1c(Cl)cccc1OC. The third-order valence-corrected chi connectivity index (χ3v) is 4.18. The van der Waals surface area contributed by atoms with Gasteiger partial charge in [-0.2, -0.15) is 0 Å². The summed E-state index contributed by atoms with van der Waals surface area (Å²) in [5.74, 6) is 1.20. The van der Waals surface area contributed by atoms with Gasteiger partial charge in [-0.25, -0.2) is 0 Å². The molecule has 2 unspecified atom stereocenters. The molecule has 21 heavy (non-hydrogen) atoms. The normalized spacial score (nSPS) is 22.2. The van der Waals surface area contributed by atoms with Gasteiger partial charge in [0, 0.05) is 38.3 Å². The minimum absolute atomic E-state index is 0.0163. The number of halogens is 1. The highest BCUT2D eigenvalue weighted by Crippen LogP contribution is 2.41. The summed E-state index contributed by atoms with van der Waals surface area (Å²) < 4.78 is 16.6. The third kappa shape index (κ3) is 4.33. The average molecular weight is 314 g/mol. The Bertz CT molecular complexity index is 442. The number of hydrogen-bond acceptors (Lipinski definition) is 4. The van der Waals surface area contributed by atoms with Crippen molar-refractivity contribution in [3.63, 3.8) is 0 Å². The molecule has 0 amide bonds. The Morgan fingerprint density at radius 1 is 1.38 bits per heavy atom. The van der Waals surface area contributed by atoms with Crippen molar-refractivity contribution in [3.8, 4) is 5.75 Å². The average Bonchev–Trinajstić information content (AvgIpc) is 2.52. The Kier molecular flexibility index (Phi) is 6.77. The molecule has 118 valence electrons. The number of rotatable bonds is 7. The van der Waals surface area contributed by atoms with E-state index in [1.54, 1.807) is 14.2 Å². The van der Waals surface area contributed by atoms with E-state index in [0.29, 0.717) is 17.5 Å². The predicted molar refractivity (Wildman–Crippen MR) is 84.2 cm³/mol. The van der Waals surface area contributed by atoms with Crippen LogP contribution in [0.25, 0.3) is 0 Å². The van der Waals surface area contributed by atoms with Crippen LogP contribution in [0.5, 0.6) is 5.75 Å². The van der Waals surface area contributed by atoms with Crippen molar-refractivity contribution in [1.82, 2.24) is 5.32 Å². The van der Waals surface area contributed by atoms with Crippen LogP contribution in [0.15, 0.2) is 18.2 Å². The van der Waals surface area contributed by atoms with Gasteiger partial charge in [0.2, 0.25) is 0 Å². The Balaban J connectivity index is 2.11. The predicted octanol–water partition coefficient (Wildman–Crippen LogP) is 3.05. The molecule has 0 saturated carbocycles. The van der Waals surface area contributed by atoms with Crippen LogP contribution in [0.1, 0.15) is 24.5 Å². The molecule has 5 heteroatoms. The number of hydrogen-bond donors (Lipinski definition) is 1. The largest absolute Gasteiger partial charge is 0.496 e. The molecule has 2 atom stereocenters. The first kappa shape index (κ1) is 16.6. The molecule has 0 aliphatic carbocycles. The monoisotopic (exact) mass is 313 g/mol. The van der Waals surface area contributed by atoms with Gasteiger partial charge in [-0.1, -0.05) is 17.7 Å². The lowest BCUT2D eigenvalue weighted by Crippen LogP contribution is -2.33. The van der Waals surface area contributed by atoms with Crippen molar-refractivity contribution in [3.05, 3.63) is 28.8 Å². The second kappa shape index (κ2) is 8.59. The fourth-order valence-corrected chi connectivity index (χ4v) is 3.08. The number of ether oxygens (including phenoxy) is 3. The molecule has 1 saturated heterocycles. The van der Waals surface area contributed by atoms with E-state index in [0.717, 1.165) is 43.9 Å². The molecule has 1 aromatic rings. The fraction of sp³-hybridized carbons (Fsp3) is 0.625. The van der Waals surface area contributed by atoms with Crippen LogP contribution < -0.4 is 10.1 Å². The molecule has 0 aromatic heterocycles.